The average Bonchev–Trinajstić information content (AvgIpc) is 2.24. The predicted molar refractivity (Wildman–Crippen MR) is 64.4 cm³/mol. The molecule has 0 saturated carbocycles. The van der Waals surface area contributed by atoms with Crippen molar-refractivity contribution in [2.24, 2.45) is 11.7 Å². The number of carboxylic acid groups (broad SMARTS) is 1. The van der Waals surface area contributed by atoms with Gasteiger partial charge in [-0.25, -0.2) is 4.79 Å². The molecular weight excluding hydrogens is 220 g/mol. The molecule has 3 atom stereocenters. The summed E-state index contributed by atoms with van der Waals surface area (Å²) in [7, 11) is 0. The molecule has 1 fully saturated rings. The van der Waals surface area contributed by atoms with Crippen LogP contribution in [0, 0.1) is 5.92 Å². The van der Waals surface area contributed by atoms with Gasteiger partial charge in [0.15, 0.2) is 0 Å². The summed E-state index contributed by atoms with van der Waals surface area (Å²) < 4.78 is 0. The molecule has 0 aromatic heterocycles. The van der Waals surface area contributed by atoms with E-state index in [2.05, 4.69) is 0 Å². The standard InChI is InChI=1S/C12H22N2O3/c1-8-4-3-7-14(11(8)12(16)17)10(15)6-5-9(2)13/h8-9,11H,3-7,13H2,1-2H3,(H,16,17). The van der Waals surface area contributed by atoms with Crippen LogP contribution in [0.2, 0.25) is 0 Å². The van der Waals surface area contributed by atoms with Crippen LogP contribution >= 0.6 is 0 Å². The highest BCUT2D eigenvalue weighted by Gasteiger charge is 2.36. The zero-order valence-electron chi connectivity index (χ0n) is 10.6. The number of hydrogen-bond donors (Lipinski definition) is 2. The van der Waals surface area contributed by atoms with Gasteiger partial charge < -0.3 is 15.7 Å². The first kappa shape index (κ1) is 14.0. The molecule has 3 N–H and O–H groups in total. The molecule has 0 aromatic rings. The summed E-state index contributed by atoms with van der Waals surface area (Å²) in [6, 6.07) is -0.686. The number of carbonyl (C=O) groups is 2. The minimum absolute atomic E-state index is 0.0237. The maximum absolute atomic E-state index is 12.0. The summed E-state index contributed by atoms with van der Waals surface area (Å²) in [4.78, 5) is 24.7. The Kier molecular flexibility index (Phi) is 4.93. The van der Waals surface area contributed by atoms with Crippen molar-refractivity contribution in [2.75, 3.05) is 6.54 Å². The molecule has 1 aliphatic heterocycles. The fourth-order valence-corrected chi connectivity index (χ4v) is 2.34. The molecule has 3 unspecified atom stereocenters. The van der Waals surface area contributed by atoms with E-state index in [1.807, 2.05) is 13.8 Å². The van der Waals surface area contributed by atoms with E-state index in [4.69, 9.17) is 5.73 Å². The first-order valence-electron chi connectivity index (χ1n) is 6.21. The number of amides is 1. The minimum Gasteiger partial charge on any atom is -0.480 e. The molecule has 1 heterocycles. The Labute approximate surface area is 102 Å². The summed E-state index contributed by atoms with van der Waals surface area (Å²) in [5.41, 5.74) is 5.60. The van der Waals surface area contributed by atoms with Crippen LogP contribution in [0.15, 0.2) is 0 Å². The Morgan fingerprint density at radius 3 is 2.71 bits per heavy atom. The molecule has 0 radical (unpaired) electrons. The van der Waals surface area contributed by atoms with E-state index in [0.717, 1.165) is 12.8 Å². The Hall–Kier alpha value is -1.10. The summed E-state index contributed by atoms with van der Waals surface area (Å²) in [6.07, 6.45) is 2.70. The molecular formula is C12H22N2O3. The minimum atomic E-state index is -0.897. The van der Waals surface area contributed by atoms with Gasteiger partial charge in [-0.3, -0.25) is 4.79 Å². The molecule has 0 aromatic carbocycles. The van der Waals surface area contributed by atoms with E-state index in [-0.39, 0.29) is 17.9 Å². The molecule has 98 valence electrons. The highest BCUT2D eigenvalue weighted by molar-refractivity contribution is 5.84. The van der Waals surface area contributed by atoms with Gasteiger partial charge in [0.2, 0.25) is 5.91 Å². The highest BCUT2D eigenvalue weighted by Crippen LogP contribution is 2.24. The Morgan fingerprint density at radius 1 is 1.53 bits per heavy atom. The van der Waals surface area contributed by atoms with Crippen molar-refractivity contribution in [3.8, 4) is 0 Å². The van der Waals surface area contributed by atoms with Gasteiger partial charge in [-0.2, -0.15) is 0 Å². The second kappa shape index (κ2) is 6.00. The monoisotopic (exact) mass is 242 g/mol. The molecule has 0 spiro atoms. The largest absolute Gasteiger partial charge is 0.480 e. The van der Waals surface area contributed by atoms with Gasteiger partial charge in [-0.1, -0.05) is 6.92 Å². The first-order chi connectivity index (χ1) is 7.93. The molecule has 5 nitrogen and oxygen atoms in total. The van der Waals surface area contributed by atoms with Crippen molar-refractivity contribution in [3.63, 3.8) is 0 Å². The smallest absolute Gasteiger partial charge is 0.326 e. The highest BCUT2D eigenvalue weighted by atomic mass is 16.4. The van der Waals surface area contributed by atoms with E-state index in [1.54, 1.807) is 0 Å². The predicted octanol–water partition coefficient (Wildman–Crippen LogP) is 0.825. The molecule has 1 amide bonds. The van der Waals surface area contributed by atoms with Crippen molar-refractivity contribution < 1.29 is 14.7 Å². The third kappa shape index (κ3) is 3.70. The average molecular weight is 242 g/mol. The second-order valence-electron chi connectivity index (χ2n) is 5.01. The Bertz CT molecular complexity index is 291. The van der Waals surface area contributed by atoms with Crippen LogP contribution < -0.4 is 5.73 Å². The van der Waals surface area contributed by atoms with E-state index < -0.39 is 12.0 Å². The van der Waals surface area contributed by atoms with Crippen molar-refractivity contribution in [1.82, 2.24) is 4.90 Å². The van der Waals surface area contributed by atoms with Gasteiger partial charge >= 0.3 is 5.97 Å². The van der Waals surface area contributed by atoms with E-state index in [9.17, 15) is 14.7 Å². The van der Waals surface area contributed by atoms with Crippen LogP contribution in [-0.4, -0.2) is 40.5 Å². The lowest BCUT2D eigenvalue weighted by Crippen LogP contribution is -2.52. The number of nitrogens with two attached hydrogens (primary N) is 1. The Morgan fingerprint density at radius 2 is 2.18 bits per heavy atom. The summed E-state index contributed by atoms with van der Waals surface area (Å²) >= 11 is 0. The van der Waals surface area contributed by atoms with Crippen LogP contribution in [0.5, 0.6) is 0 Å². The lowest BCUT2D eigenvalue weighted by atomic mass is 9.90. The van der Waals surface area contributed by atoms with Crippen LogP contribution in [0.1, 0.15) is 39.5 Å². The van der Waals surface area contributed by atoms with Crippen molar-refractivity contribution >= 4 is 11.9 Å². The lowest BCUT2D eigenvalue weighted by molar-refractivity contribution is -0.154. The maximum atomic E-state index is 12.0. The number of piperidine rings is 1. The molecule has 0 aliphatic carbocycles. The number of carboxylic acids is 1. The molecule has 1 aliphatic rings. The number of likely N-dealkylation sites (tertiary alicyclic amines) is 1. The zero-order valence-corrected chi connectivity index (χ0v) is 10.6. The second-order valence-corrected chi connectivity index (χ2v) is 5.01. The molecule has 17 heavy (non-hydrogen) atoms. The summed E-state index contributed by atoms with van der Waals surface area (Å²) in [6.45, 7) is 4.30. The van der Waals surface area contributed by atoms with Crippen molar-refractivity contribution in [1.29, 1.82) is 0 Å². The fraction of sp³-hybridized carbons (Fsp3) is 0.833. The molecule has 1 saturated heterocycles. The number of rotatable bonds is 4. The summed E-state index contributed by atoms with van der Waals surface area (Å²) in [5.74, 6) is -0.951. The molecule has 5 heteroatoms. The number of aliphatic carboxylic acids is 1. The SMILES string of the molecule is CC(N)CCC(=O)N1CCCC(C)C1C(=O)O. The van der Waals surface area contributed by atoms with Gasteiger partial charge in [0.05, 0.1) is 0 Å². The van der Waals surface area contributed by atoms with Crippen LogP contribution in [0.3, 0.4) is 0 Å². The number of nitrogens with zero attached hydrogens (tertiary/aromatic N) is 1. The normalized spacial score (nSPS) is 26.6. The fourth-order valence-electron chi connectivity index (χ4n) is 2.34. The quantitative estimate of drug-likeness (QED) is 0.764. The van der Waals surface area contributed by atoms with Gasteiger partial charge in [0.25, 0.3) is 0 Å². The van der Waals surface area contributed by atoms with Crippen molar-refractivity contribution in [3.05, 3.63) is 0 Å². The van der Waals surface area contributed by atoms with E-state index >= 15 is 0 Å². The van der Waals surface area contributed by atoms with E-state index in [1.165, 1.54) is 4.90 Å². The van der Waals surface area contributed by atoms with Gasteiger partial charge in [-0.05, 0) is 32.1 Å². The number of hydrogen-bond acceptors (Lipinski definition) is 3. The Balaban J connectivity index is 2.65. The van der Waals surface area contributed by atoms with Gasteiger partial charge in [0.1, 0.15) is 6.04 Å². The zero-order chi connectivity index (χ0) is 13.0. The van der Waals surface area contributed by atoms with Crippen LogP contribution in [0.4, 0.5) is 0 Å². The maximum Gasteiger partial charge on any atom is 0.326 e. The summed E-state index contributed by atoms with van der Waals surface area (Å²) in [5, 5.41) is 9.19. The lowest BCUT2D eigenvalue weighted by Gasteiger charge is -2.37. The van der Waals surface area contributed by atoms with Crippen molar-refractivity contribution in [2.45, 2.75) is 51.6 Å². The topological polar surface area (TPSA) is 83.6 Å². The van der Waals surface area contributed by atoms with Crippen LogP contribution in [0.25, 0.3) is 0 Å². The van der Waals surface area contributed by atoms with Gasteiger partial charge in [-0.15, -0.1) is 0 Å². The van der Waals surface area contributed by atoms with Gasteiger partial charge in [0, 0.05) is 19.0 Å². The number of carbonyl (C=O) groups excluding carboxylic acids is 1. The third-order valence-corrected chi connectivity index (χ3v) is 3.32. The molecule has 0 bridgehead atoms. The van der Waals surface area contributed by atoms with E-state index in [0.29, 0.717) is 19.4 Å². The third-order valence-electron chi connectivity index (χ3n) is 3.32. The van der Waals surface area contributed by atoms with Crippen LogP contribution in [-0.2, 0) is 9.59 Å². The first-order valence-corrected chi connectivity index (χ1v) is 6.21. The molecule has 1 rings (SSSR count).